The highest BCUT2D eigenvalue weighted by molar-refractivity contribution is 7.89. The minimum Gasteiger partial charge on any atom is -0.449 e. The molecular formula is C19H28N2O5S. The van der Waals surface area contributed by atoms with Crippen molar-refractivity contribution >= 4 is 21.9 Å². The zero-order valence-corrected chi connectivity index (χ0v) is 16.8. The second-order valence-corrected chi connectivity index (χ2v) is 8.62. The average Bonchev–Trinajstić information content (AvgIpc) is 2.96. The lowest BCUT2D eigenvalue weighted by molar-refractivity contribution is -0.129. The number of carbonyl (C=O) groups is 2. The number of amides is 1. The Morgan fingerprint density at radius 2 is 1.70 bits per heavy atom. The molecule has 1 atom stereocenters. The van der Waals surface area contributed by atoms with E-state index in [4.69, 9.17) is 4.74 Å². The van der Waals surface area contributed by atoms with Crippen molar-refractivity contribution in [3.05, 3.63) is 29.8 Å². The van der Waals surface area contributed by atoms with Crippen molar-refractivity contribution in [2.75, 3.05) is 19.6 Å². The fourth-order valence-electron chi connectivity index (χ4n) is 2.87. The van der Waals surface area contributed by atoms with Gasteiger partial charge in [-0.1, -0.05) is 19.8 Å². The van der Waals surface area contributed by atoms with Crippen LogP contribution >= 0.6 is 0 Å². The van der Waals surface area contributed by atoms with Gasteiger partial charge in [-0.05, 0) is 50.5 Å². The van der Waals surface area contributed by atoms with E-state index in [0.717, 1.165) is 32.1 Å². The molecule has 1 amide bonds. The van der Waals surface area contributed by atoms with Crippen LogP contribution in [0.1, 0.15) is 56.3 Å². The minimum absolute atomic E-state index is 0.162. The summed E-state index contributed by atoms with van der Waals surface area (Å²) in [5, 5.41) is 2.66. The number of carbonyl (C=O) groups excluding carboxylic acids is 2. The quantitative estimate of drug-likeness (QED) is 0.714. The van der Waals surface area contributed by atoms with Gasteiger partial charge in [0.25, 0.3) is 5.91 Å². The van der Waals surface area contributed by atoms with Crippen LogP contribution in [0.3, 0.4) is 0 Å². The van der Waals surface area contributed by atoms with Crippen molar-refractivity contribution in [3.8, 4) is 0 Å². The van der Waals surface area contributed by atoms with Crippen molar-refractivity contribution in [1.82, 2.24) is 9.62 Å². The monoisotopic (exact) mass is 396 g/mol. The molecule has 1 unspecified atom stereocenters. The van der Waals surface area contributed by atoms with Crippen molar-refractivity contribution in [3.63, 3.8) is 0 Å². The number of nitrogens with zero attached hydrogens (tertiary/aromatic N) is 1. The summed E-state index contributed by atoms with van der Waals surface area (Å²) in [5.74, 6) is -1.02. The third-order valence-electron chi connectivity index (χ3n) is 4.50. The number of rotatable bonds is 7. The maximum absolute atomic E-state index is 12.7. The van der Waals surface area contributed by atoms with Crippen molar-refractivity contribution in [1.29, 1.82) is 0 Å². The minimum atomic E-state index is -3.56. The number of ether oxygens (including phenoxy) is 1. The van der Waals surface area contributed by atoms with Gasteiger partial charge >= 0.3 is 5.97 Å². The molecule has 150 valence electrons. The Morgan fingerprint density at radius 3 is 2.26 bits per heavy atom. The van der Waals surface area contributed by atoms with Crippen LogP contribution in [0, 0.1) is 0 Å². The van der Waals surface area contributed by atoms with E-state index in [0.29, 0.717) is 19.6 Å². The topological polar surface area (TPSA) is 92.8 Å². The summed E-state index contributed by atoms with van der Waals surface area (Å²) in [5.41, 5.74) is 0.208. The third-order valence-corrected chi connectivity index (χ3v) is 6.41. The van der Waals surface area contributed by atoms with Gasteiger partial charge < -0.3 is 10.1 Å². The molecule has 0 aliphatic carbocycles. The predicted octanol–water partition coefficient (Wildman–Crippen LogP) is 2.32. The van der Waals surface area contributed by atoms with E-state index in [2.05, 4.69) is 5.32 Å². The number of hydrogen-bond acceptors (Lipinski definition) is 5. The molecule has 0 bridgehead atoms. The van der Waals surface area contributed by atoms with Crippen molar-refractivity contribution in [2.24, 2.45) is 0 Å². The molecule has 8 heteroatoms. The summed E-state index contributed by atoms with van der Waals surface area (Å²) in [6, 6.07) is 5.67. The first-order valence-electron chi connectivity index (χ1n) is 9.45. The highest BCUT2D eigenvalue weighted by Crippen LogP contribution is 2.21. The van der Waals surface area contributed by atoms with E-state index in [1.165, 1.54) is 35.5 Å². The van der Waals surface area contributed by atoms with Crippen LogP contribution in [0.2, 0.25) is 0 Å². The SMILES string of the molecule is CCCNC(=O)C(C)OC(=O)c1ccc(S(=O)(=O)N2CCCCCC2)cc1. The molecule has 1 heterocycles. The van der Waals surface area contributed by atoms with E-state index in [1.807, 2.05) is 6.92 Å². The van der Waals surface area contributed by atoms with Crippen LogP contribution in [-0.2, 0) is 19.6 Å². The maximum atomic E-state index is 12.7. The summed E-state index contributed by atoms with van der Waals surface area (Å²) in [6.45, 7) is 5.00. The maximum Gasteiger partial charge on any atom is 0.338 e. The summed E-state index contributed by atoms with van der Waals surface area (Å²) in [7, 11) is -3.56. The smallest absolute Gasteiger partial charge is 0.338 e. The van der Waals surface area contributed by atoms with E-state index in [9.17, 15) is 18.0 Å². The lowest BCUT2D eigenvalue weighted by atomic mass is 10.2. The van der Waals surface area contributed by atoms with Gasteiger partial charge in [-0.15, -0.1) is 0 Å². The number of sulfonamides is 1. The van der Waals surface area contributed by atoms with E-state index >= 15 is 0 Å². The largest absolute Gasteiger partial charge is 0.449 e. The lowest BCUT2D eigenvalue weighted by Crippen LogP contribution is -2.36. The molecule has 0 spiro atoms. The van der Waals surface area contributed by atoms with E-state index < -0.39 is 22.1 Å². The van der Waals surface area contributed by atoms with Crippen LogP contribution in [0.5, 0.6) is 0 Å². The molecule has 1 saturated heterocycles. The zero-order chi connectivity index (χ0) is 19.9. The van der Waals surface area contributed by atoms with Gasteiger partial charge in [0.15, 0.2) is 6.10 Å². The van der Waals surface area contributed by atoms with Gasteiger partial charge in [0.2, 0.25) is 10.0 Å². The van der Waals surface area contributed by atoms with Gasteiger partial charge in [-0.2, -0.15) is 4.31 Å². The third kappa shape index (κ3) is 5.77. The molecule has 1 N–H and O–H groups in total. The molecule has 1 fully saturated rings. The van der Waals surface area contributed by atoms with E-state index in [-0.39, 0.29) is 16.4 Å². The molecule has 0 radical (unpaired) electrons. The number of benzene rings is 1. The second kappa shape index (κ2) is 9.85. The molecule has 1 aromatic rings. The first-order valence-corrected chi connectivity index (χ1v) is 10.9. The molecule has 0 aromatic heterocycles. The molecule has 27 heavy (non-hydrogen) atoms. The lowest BCUT2D eigenvalue weighted by Gasteiger charge is -2.20. The number of esters is 1. The zero-order valence-electron chi connectivity index (χ0n) is 15.9. The normalized spacial score (nSPS) is 17.0. The molecule has 2 rings (SSSR count). The molecule has 1 aliphatic rings. The predicted molar refractivity (Wildman–Crippen MR) is 102 cm³/mol. The van der Waals surface area contributed by atoms with Crippen LogP contribution in [-0.4, -0.2) is 50.3 Å². The Labute approximate surface area is 161 Å². The highest BCUT2D eigenvalue weighted by Gasteiger charge is 2.25. The van der Waals surface area contributed by atoms with Crippen LogP contribution in [0.25, 0.3) is 0 Å². The first kappa shape index (κ1) is 21.4. The number of nitrogens with one attached hydrogen (secondary N) is 1. The van der Waals surface area contributed by atoms with Crippen LogP contribution in [0.15, 0.2) is 29.2 Å². The van der Waals surface area contributed by atoms with Gasteiger partial charge in [0.05, 0.1) is 10.5 Å². The fraction of sp³-hybridized carbons (Fsp3) is 0.579. The Balaban J connectivity index is 2.03. The van der Waals surface area contributed by atoms with Crippen molar-refractivity contribution in [2.45, 2.75) is 57.0 Å². The van der Waals surface area contributed by atoms with Gasteiger partial charge in [-0.3, -0.25) is 4.79 Å². The van der Waals surface area contributed by atoms with Gasteiger partial charge in [0.1, 0.15) is 0 Å². The summed E-state index contributed by atoms with van der Waals surface area (Å²) in [4.78, 5) is 24.1. The Bertz CT molecular complexity index is 738. The molecule has 1 aromatic carbocycles. The molecular weight excluding hydrogens is 368 g/mol. The molecule has 7 nitrogen and oxygen atoms in total. The fourth-order valence-corrected chi connectivity index (χ4v) is 4.39. The van der Waals surface area contributed by atoms with Crippen LogP contribution < -0.4 is 5.32 Å². The standard InChI is InChI=1S/C19H28N2O5S/c1-3-12-20-18(22)15(2)26-19(23)16-8-10-17(11-9-16)27(24,25)21-13-6-4-5-7-14-21/h8-11,15H,3-7,12-14H2,1-2H3,(H,20,22). The van der Waals surface area contributed by atoms with E-state index in [1.54, 1.807) is 0 Å². The average molecular weight is 397 g/mol. The molecule has 0 saturated carbocycles. The molecule has 1 aliphatic heterocycles. The summed E-state index contributed by atoms with van der Waals surface area (Å²) in [6.07, 6.45) is 3.69. The Morgan fingerprint density at radius 1 is 1.11 bits per heavy atom. The second-order valence-electron chi connectivity index (χ2n) is 6.68. The van der Waals surface area contributed by atoms with Gasteiger partial charge in [0, 0.05) is 19.6 Å². The highest BCUT2D eigenvalue weighted by atomic mass is 32.2. The summed E-state index contributed by atoms with van der Waals surface area (Å²) >= 11 is 0. The first-order chi connectivity index (χ1) is 12.9. The Kier molecular flexibility index (Phi) is 7.79. The number of hydrogen-bond donors (Lipinski definition) is 1. The Hall–Kier alpha value is -1.93. The van der Waals surface area contributed by atoms with Gasteiger partial charge in [-0.25, -0.2) is 13.2 Å². The summed E-state index contributed by atoms with van der Waals surface area (Å²) < 4.78 is 32.1. The van der Waals surface area contributed by atoms with Crippen molar-refractivity contribution < 1.29 is 22.7 Å². The van der Waals surface area contributed by atoms with Crippen LogP contribution in [0.4, 0.5) is 0 Å².